The molecule has 1 aliphatic carbocycles. The van der Waals surface area contributed by atoms with E-state index < -0.39 is 0 Å². The Labute approximate surface area is 124 Å². The second kappa shape index (κ2) is 5.99. The molecular formula is C14H24N4OS. The lowest BCUT2D eigenvalue weighted by atomic mass is 10.2. The molecule has 1 amide bonds. The molecule has 0 bridgehead atoms. The van der Waals surface area contributed by atoms with E-state index >= 15 is 0 Å². The van der Waals surface area contributed by atoms with Gasteiger partial charge in [-0.3, -0.25) is 4.79 Å². The van der Waals surface area contributed by atoms with Crippen LogP contribution >= 0.6 is 11.3 Å². The molecule has 0 spiro atoms. The van der Waals surface area contributed by atoms with Gasteiger partial charge in [0.05, 0.1) is 0 Å². The number of nitrogens with two attached hydrogens (primary N) is 1. The quantitative estimate of drug-likeness (QED) is 0.876. The van der Waals surface area contributed by atoms with Gasteiger partial charge in [-0.25, -0.2) is 4.98 Å². The summed E-state index contributed by atoms with van der Waals surface area (Å²) in [5.74, 6) is 1.06. The van der Waals surface area contributed by atoms with Crippen LogP contribution in [0.1, 0.15) is 43.3 Å². The van der Waals surface area contributed by atoms with Gasteiger partial charge >= 0.3 is 0 Å². The van der Waals surface area contributed by atoms with Gasteiger partial charge in [0.2, 0.25) is 0 Å². The van der Waals surface area contributed by atoms with E-state index in [1.807, 2.05) is 23.8 Å². The molecule has 0 saturated heterocycles. The molecule has 112 valence electrons. The van der Waals surface area contributed by atoms with Crippen molar-refractivity contribution in [2.75, 3.05) is 30.8 Å². The number of carbonyl (C=O) groups excluding carboxylic acids is 1. The number of thiazole rings is 1. The molecule has 0 radical (unpaired) electrons. The first kappa shape index (κ1) is 15.1. The van der Waals surface area contributed by atoms with Crippen LogP contribution in [0.5, 0.6) is 0 Å². The van der Waals surface area contributed by atoms with Crippen LogP contribution in [0, 0.1) is 5.92 Å². The van der Waals surface area contributed by atoms with Gasteiger partial charge in [-0.15, -0.1) is 0 Å². The van der Waals surface area contributed by atoms with Gasteiger partial charge in [0.15, 0.2) is 5.13 Å². The summed E-state index contributed by atoms with van der Waals surface area (Å²) in [7, 11) is 1.96. The molecule has 0 atom stereocenters. The smallest absolute Gasteiger partial charge is 0.268 e. The fraction of sp³-hybridized carbons (Fsp3) is 0.714. The number of anilines is 2. The van der Waals surface area contributed by atoms with E-state index in [0.29, 0.717) is 16.6 Å². The Morgan fingerprint density at radius 3 is 2.65 bits per heavy atom. The molecule has 6 heteroatoms. The van der Waals surface area contributed by atoms with Crippen LogP contribution in [-0.4, -0.2) is 42.0 Å². The Bertz CT molecular complexity index is 482. The molecule has 1 aromatic heterocycles. The number of nitrogen functional groups attached to an aromatic ring is 1. The normalized spacial score (nSPS) is 14.7. The second-order valence-electron chi connectivity index (χ2n) is 5.72. The summed E-state index contributed by atoms with van der Waals surface area (Å²) >= 11 is 1.39. The zero-order valence-electron chi connectivity index (χ0n) is 12.7. The third kappa shape index (κ3) is 3.23. The molecule has 0 unspecified atom stereocenters. The minimum Gasteiger partial charge on any atom is -0.382 e. The standard InChI is InChI=1S/C14H24N4OS/c1-5-17(4)14-16-12(15)11(20-14)13(19)18(9(2)3)8-10-6-7-10/h9-10H,5-8,15H2,1-4H3. The third-order valence-corrected chi connectivity index (χ3v) is 4.85. The maximum absolute atomic E-state index is 12.7. The van der Waals surface area contributed by atoms with Crippen molar-refractivity contribution in [3.8, 4) is 0 Å². The molecule has 20 heavy (non-hydrogen) atoms. The minimum atomic E-state index is 0.0256. The number of nitrogens with zero attached hydrogens (tertiary/aromatic N) is 3. The molecule has 2 N–H and O–H groups in total. The second-order valence-corrected chi connectivity index (χ2v) is 6.70. The van der Waals surface area contributed by atoms with Gasteiger partial charge in [-0.1, -0.05) is 11.3 Å². The summed E-state index contributed by atoms with van der Waals surface area (Å²) in [5.41, 5.74) is 5.94. The largest absolute Gasteiger partial charge is 0.382 e. The molecule has 1 heterocycles. The van der Waals surface area contributed by atoms with Crippen LogP contribution < -0.4 is 10.6 Å². The van der Waals surface area contributed by atoms with E-state index in [4.69, 9.17) is 5.73 Å². The predicted octanol–water partition coefficient (Wildman–Crippen LogP) is 2.44. The molecular weight excluding hydrogens is 272 g/mol. The minimum absolute atomic E-state index is 0.0256. The third-order valence-electron chi connectivity index (χ3n) is 3.67. The highest BCUT2D eigenvalue weighted by Crippen LogP contribution is 2.33. The number of aromatic nitrogens is 1. The lowest BCUT2D eigenvalue weighted by Gasteiger charge is -2.26. The van der Waals surface area contributed by atoms with E-state index in [9.17, 15) is 4.79 Å². The van der Waals surface area contributed by atoms with E-state index in [-0.39, 0.29) is 11.9 Å². The first-order chi connectivity index (χ1) is 9.43. The van der Waals surface area contributed by atoms with E-state index in [0.717, 1.165) is 18.2 Å². The zero-order chi connectivity index (χ0) is 14.9. The van der Waals surface area contributed by atoms with Crippen LogP contribution in [0.4, 0.5) is 10.9 Å². The number of amides is 1. The highest BCUT2D eigenvalue weighted by molar-refractivity contribution is 7.18. The van der Waals surface area contributed by atoms with Crippen molar-refractivity contribution >= 4 is 28.2 Å². The van der Waals surface area contributed by atoms with E-state index in [2.05, 4.69) is 18.8 Å². The van der Waals surface area contributed by atoms with Gasteiger partial charge in [0.25, 0.3) is 5.91 Å². The topological polar surface area (TPSA) is 62.5 Å². The molecule has 0 aliphatic heterocycles. The first-order valence-electron chi connectivity index (χ1n) is 7.22. The average molecular weight is 296 g/mol. The fourth-order valence-corrected chi connectivity index (χ4v) is 2.98. The molecule has 1 fully saturated rings. The molecule has 1 aromatic rings. The van der Waals surface area contributed by atoms with Crippen molar-refractivity contribution in [2.45, 2.75) is 39.7 Å². The van der Waals surface area contributed by atoms with Gasteiger partial charge in [0.1, 0.15) is 10.7 Å². The van der Waals surface area contributed by atoms with E-state index in [1.54, 1.807) is 0 Å². The molecule has 1 aliphatic rings. The van der Waals surface area contributed by atoms with Gasteiger partial charge < -0.3 is 15.5 Å². The zero-order valence-corrected chi connectivity index (χ0v) is 13.5. The number of hydrogen-bond acceptors (Lipinski definition) is 5. The lowest BCUT2D eigenvalue weighted by Crippen LogP contribution is -2.38. The van der Waals surface area contributed by atoms with Gasteiger partial charge in [-0.2, -0.15) is 0 Å². The SMILES string of the molecule is CCN(C)c1nc(N)c(C(=O)N(CC2CC2)C(C)C)s1. The average Bonchev–Trinajstić information content (AvgIpc) is 3.15. The summed E-state index contributed by atoms with van der Waals surface area (Å²) in [5, 5.41) is 0.809. The van der Waals surface area contributed by atoms with Gasteiger partial charge in [0, 0.05) is 26.2 Å². The summed E-state index contributed by atoms with van der Waals surface area (Å²) in [6.07, 6.45) is 2.47. The van der Waals surface area contributed by atoms with Crippen LogP contribution in [0.3, 0.4) is 0 Å². The maximum atomic E-state index is 12.7. The van der Waals surface area contributed by atoms with Crippen LogP contribution in [-0.2, 0) is 0 Å². The molecule has 0 aromatic carbocycles. The van der Waals surface area contributed by atoms with E-state index in [1.165, 1.54) is 24.2 Å². The summed E-state index contributed by atoms with van der Waals surface area (Å²) in [6, 6.07) is 0.192. The van der Waals surface area contributed by atoms with Crippen molar-refractivity contribution in [3.05, 3.63) is 4.88 Å². The Morgan fingerprint density at radius 2 is 2.15 bits per heavy atom. The maximum Gasteiger partial charge on any atom is 0.268 e. The number of rotatable bonds is 6. The highest BCUT2D eigenvalue weighted by atomic mass is 32.1. The predicted molar refractivity (Wildman–Crippen MR) is 84.4 cm³/mol. The van der Waals surface area contributed by atoms with Gasteiger partial charge in [-0.05, 0) is 39.5 Å². The van der Waals surface area contributed by atoms with Crippen molar-refractivity contribution in [1.82, 2.24) is 9.88 Å². The molecule has 2 rings (SSSR count). The Balaban J connectivity index is 2.19. The molecule has 1 saturated carbocycles. The highest BCUT2D eigenvalue weighted by Gasteiger charge is 2.30. The Hall–Kier alpha value is -1.30. The summed E-state index contributed by atoms with van der Waals surface area (Å²) < 4.78 is 0. The van der Waals surface area contributed by atoms with Crippen molar-refractivity contribution < 1.29 is 4.79 Å². The summed E-state index contributed by atoms with van der Waals surface area (Å²) in [4.78, 5) is 21.5. The summed E-state index contributed by atoms with van der Waals surface area (Å²) in [6.45, 7) is 7.84. The van der Waals surface area contributed by atoms with Crippen LogP contribution in [0.25, 0.3) is 0 Å². The Kier molecular flexibility index (Phi) is 4.52. The Morgan fingerprint density at radius 1 is 1.50 bits per heavy atom. The van der Waals surface area contributed by atoms with Crippen molar-refractivity contribution in [3.63, 3.8) is 0 Å². The molecule has 5 nitrogen and oxygen atoms in total. The monoisotopic (exact) mass is 296 g/mol. The lowest BCUT2D eigenvalue weighted by molar-refractivity contribution is 0.0702. The van der Waals surface area contributed by atoms with Crippen molar-refractivity contribution in [1.29, 1.82) is 0 Å². The van der Waals surface area contributed by atoms with Crippen LogP contribution in [0.15, 0.2) is 0 Å². The fourth-order valence-electron chi connectivity index (χ4n) is 2.01. The first-order valence-corrected chi connectivity index (χ1v) is 8.04. The number of carbonyl (C=O) groups is 1. The van der Waals surface area contributed by atoms with Crippen molar-refractivity contribution in [2.24, 2.45) is 5.92 Å². The number of hydrogen-bond donors (Lipinski definition) is 1. The van der Waals surface area contributed by atoms with Crippen LogP contribution in [0.2, 0.25) is 0 Å².